The first-order chi connectivity index (χ1) is 32.8. The lowest BCUT2D eigenvalue weighted by Gasteiger charge is -2.40. The van der Waals surface area contributed by atoms with Gasteiger partial charge in [-0.05, 0) is 77.0 Å². The van der Waals surface area contributed by atoms with Gasteiger partial charge < -0.3 is 40.3 Å². The summed E-state index contributed by atoms with van der Waals surface area (Å²) in [5.41, 5.74) is 0. The van der Waals surface area contributed by atoms with Crippen molar-refractivity contribution in [1.29, 1.82) is 0 Å². The predicted octanol–water partition coefficient (Wildman–Crippen LogP) is 12.6. The van der Waals surface area contributed by atoms with Gasteiger partial charge in [-0.25, -0.2) is 0 Å². The molecule has 1 heterocycles. The monoisotopic (exact) mass is 936 g/mol. The Morgan fingerprint density at radius 1 is 0.522 bits per heavy atom. The van der Waals surface area contributed by atoms with E-state index in [0.717, 1.165) is 83.5 Å². The minimum Gasteiger partial charge on any atom is -0.394 e. The summed E-state index contributed by atoms with van der Waals surface area (Å²) in [6, 6.07) is -0.758. The molecule has 9 heteroatoms. The number of carbonyl (C=O) groups excluding carboxylic acids is 1. The maximum Gasteiger partial charge on any atom is 0.220 e. The van der Waals surface area contributed by atoms with Gasteiger partial charge >= 0.3 is 0 Å². The number of hydrogen-bond donors (Lipinski definition) is 6. The predicted molar refractivity (Wildman–Crippen MR) is 281 cm³/mol. The van der Waals surface area contributed by atoms with Crippen molar-refractivity contribution in [3.63, 3.8) is 0 Å². The van der Waals surface area contributed by atoms with Crippen LogP contribution in [0.5, 0.6) is 0 Å². The van der Waals surface area contributed by atoms with Gasteiger partial charge in [0.05, 0.1) is 25.4 Å². The molecule has 0 aromatic carbocycles. The van der Waals surface area contributed by atoms with E-state index >= 15 is 0 Å². The Kier molecular flexibility index (Phi) is 43.0. The van der Waals surface area contributed by atoms with Gasteiger partial charge in [-0.3, -0.25) is 4.79 Å². The second-order valence-corrected chi connectivity index (χ2v) is 17.9. The Balaban J connectivity index is 2.31. The van der Waals surface area contributed by atoms with E-state index in [1.54, 1.807) is 0 Å². The molecule has 1 amide bonds. The average molecular weight is 936 g/mol. The van der Waals surface area contributed by atoms with Crippen molar-refractivity contribution in [3.05, 3.63) is 109 Å². The van der Waals surface area contributed by atoms with E-state index in [4.69, 9.17) is 9.47 Å². The van der Waals surface area contributed by atoms with Gasteiger partial charge in [0.2, 0.25) is 5.91 Å². The first-order valence-electron chi connectivity index (χ1n) is 26.6. The van der Waals surface area contributed by atoms with Gasteiger partial charge in [-0.15, -0.1) is 0 Å². The molecule has 67 heavy (non-hydrogen) atoms. The molecular weight excluding hydrogens is 839 g/mol. The molecule has 0 aromatic heterocycles. The fraction of sp³-hybridized carbons (Fsp3) is 0.672. The average Bonchev–Trinajstić information content (AvgIpc) is 3.33. The quantitative estimate of drug-likeness (QED) is 0.0261. The minimum atomic E-state index is -1.57. The molecule has 1 fully saturated rings. The molecule has 9 nitrogen and oxygen atoms in total. The molecule has 7 atom stereocenters. The fourth-order valence-corrected chi connectivity index (χ4v) is 7.69. The van der Waals surface area contributed by atoms with Crippen LogP contribution in [-0.4, -0.2) is 87.5 Å². The highest BCUT2D eigenvalue weighted by Crippen LogP contribution is 2.23. The number of rotatable bonds is 43. The summed E-state index contributed by atoms with van der Waals surface area (Å²) in [5.74, 6) is -0.206. The van der Waals surface area contributed by atoms with Crippen molar-refractivity contribution in [2.45, 2.75) is 236 Å². The highest BCUT2D eigenvalue weighted by molar-refractivity contribution is 5.76. The normalized spacial score (nSPS) is 20.6. The Morgan fingerprint density at radius 2 is 0.910 bits per heavy atom. The first-order valence-corrected chi connectivity index (χ1v) is 26.6. The number of carbonyl (C=O) groups is 1. The van der Waals surface area contributed by atoms with Crippen LogP contribution in [0.3, 0.4) is 0 Å². The Bertz CT molecular complexity index is 1410. The van der Waals surface area contributed by atoms with Gasteiger partial charge in [-0.1, -0.05) is 220 Å². The Hall–Kier alpha value is -3.15. The van der Waals surface area contributed by atoms with Gasteiger partial charge in [0.1, 0.15) is 24.4 Å². The first kappa shape index (κ1) is 61.9. The topological polar surface area (TPSA) is 149 Å². The summed E-state index contributed by atoms with van der Waals surface area (Å²) in [5, 5.41) is 54.5. The molecule has 0 saturated carbocycles. The van der Waals surface area contributed by atoms with Crippen molar-refractivity contribution in [3.8, 4) is 0 Å². The standard InChI is InChI=1S/C58H97NO8/c1-3-5-7-9-11-13-15-17-19-20-21-22-23-24-25-26-27-28-29-30-31-32-34-36-38-40-42-44-46-48-54(62)59-51(50-66-58-57(65)56(64)55(63)53(49-60)67-58)52(61)47-45-43-41-39-37-35-33-18-16-14-12-10-8-6-4-2/h5,7,11,13,17,19,21-22,24-25,27-28,30-31,34,36,40,42,51-53,55-58,60-61,63-65H,3-4,6,8-10,12,14-16,18,20,23,26,29,32-33,35,37-39,41,43-50H2,1-2H3,(H,59,62)/b7-5-,13-11-,19-17-,22-21-,25-24-,28-27-,31-30-,36-34-,42-40-. The number of unbranched alkanes of at least 4 members (excludes halogenated alkanes) is 15. The molecule has 1 rings (SSSR count). The highest BCUT2D eigenvalue weighted by Gasteiger charge is 2.44. The van der Waals surface area contributed by atoms with Crippen LogP contribution in [0.2, 0.25) is 0 Å². The van der Waals surface area contributed by atoms with E-state index in [1.807, 2.05) is 0 Å². The maximum atomic E-state index is 13.0. The van der Waals surface area contributed by atoms with Crippen LogP contribution < -0.4 is 5.32 Å². The van der Waals surface area contributed by atoms with E-state index < -0.39 is 49.5 Å². The molecule has 382 valence electrons. The number of amides is 1. The van der Waals surface area contributed by atoms with Crippen molar-refractivity contribution in [2.24, 2.45) is 0 Å². The Morgan fingerprint density at radius 3 is 1.31 bits per heavy atom. The number of allylic oxidation sites excluding steroid dienone is 18. The second-order valence-electron chi connectivity index (χ2n) is 17.9. The molecule has 0 spiro atoms. The molecule has 0 radical (unpaired) electrons. The highest BCUT2D eigenvalue weighted by atomic mass is 16.7. The fourth-order valence-electron chi connectivity index (χ4n) is 7.69. The van der Waals surface area contributed by atoms with Crippen LogP contribution in [0.1, 0.15) is 194 Å². The third-order valence-electron chi connectivity index (χ3n) is 11.9. The summed E-state index contributed by atoms with van der Waals surface area (Å²) in [7, 11) is 0. The molecule has 1 saturated heterocycles. The molecule has 6 N–H and O–H groups in total. The summed E-state index contributed by atoms with van der Waals surface area (Å²) in [4.78, 5) is 13.0. The Labute approximate surface area is 408 Å². The van der Waals surface area contributed by atoms with Crippen LogP contribution in [0.4, 0.5) is 0 Å². The summed E-state index contributed by atoms with van der Waals surface area (Å²) in [6.45, 7) is 3.68. The molecule has 1 aliphatic heterocycles. The van der Waals surface area contributed by atoms with E-state index in [9.17, 15) is 30.3 Å². The van der Waals surface area contributed by atoms with Crippen molar-refractivity contribution < 1.29 is 39.8 Å². The number of hydrogen-bond acceptors (Lipinski definition) is 8. The van der Waals surface area contributed by atoms with Crippen LogP contribution >= 0.6 is 0 Å². The number of ether oxygens (including phenoxy) is 2. The van der Waals surface area contributed by atoms with E-state index in [2.05, 4.69) is 129 Å². The van der Waals surface area contributed by atoms with Gasteiger partial charge in [0.15, 0.2) is 6.29 Å². The van der Waals surface area contributed by atoms with Crippen molar-refractivity contribution in [2.75, 3.05) is 13.2 Å². The van der Waals surface area contributed by atoms with Gasteiger partial charge in [0, 0.05) is 6.42 Å². The van der Waals surface area contributed by atoms with Crippen molar-refractivity contribution in [1.82, 2.24) is 5.32 Å². The van der Waals surface area contributed by atoms with E-state index in [1.165, 1.54) is 77.0 Å². The van der Waals surface area contributed by atoms with Crippen LogP contribution in [0.15, 0.2) is 109 Å². The SMILES string of the molecule is CC/C=C\C/C=C\C/C=C\C/C=C\C/C=C\C/C=C\C/C=C\C/C=C\C/C=C\CCCC(=O)NC(COC1OC(CO)C(O)C(O)C1O)C(O)CCCCCCCCCCCCCCCCC. The number of aliphatic hydroxyl groups is 5. The summed E-state index contributed by atoms with van der Waals surface area (Å²) < 4.78 is 11.3. The van der Waals surface area contributed by atoms with Gasteiger partial charge in [0.25, 0.3) is 0 Å². The summed E-state index contributed by atoms with van der Waals surface area (Å²) in [6.07, 6.45) is 61.0. The van der Waals surface area contributed by atoms with E-state index in [0.29, 0.717) is 12.8 Å². The number of nitrogens with one attached hydrogen (secondary N) is 1. The molecule has 1 aliphatic rings. The molecular formula is C58H97NO8. The molecule has 0 aromatic rings. The van der Waals surface area contributed by atoms with Crippen LogP contribution in [0, 0.1) is 0 Å². The minimum absolute atomic E-state index is 0.168. The van der Waals surface area contributed by atoms with Crippen LogP contribution in [-0.2, 0) is 14.3 Å². The largest absolute Gasteiger partial charge is 0.394 e. The third kappa shape index (κ3) is 36.5. The molecule has 0 bridgehead atoms. The van der Waals surface area contributed by atoms with E-state index in [-0.39, 0.29) is 18.9 Å². The van der Waals surface area contributed by atoms with Crippen molar-refractivity contribution >= 4 is 5.91 Å². The summed E-state index contributed by atoms with van der Waals surface area (Å²) >= 11 is 0. The lowest BCUT2D eigenvalue weighted by atomic mass is 9.99. The smallest absolute Gasteiger partial charge is 0.220 e. The lowest BCUT2D eigenvalue weighted by Crippen LogP contribution is -2.60. The second kappa shape index (κ2) is 46.6. The van der Waals surface area contributed by atoms with Crippen LogP contribution in [0.25, 0.3) is 0 Å². The van der Waals surface area contributed by atoms with Gasteiger partial charge in [-0.2, -0.15) is 0 Å². The lowest BCUT2D eigenvalue weighted by molar-refractivity contribution is -0.302. The number of aliphatic hydroxyl groups excluding tert-OH is 5. The third-order valence-corrected chi connectivity index (χ3v) is 11.9. The zero-order valence-electron chi connectivity index (χ0n) is 42.1. The zero-order valence-corrected chi connectivity index (χ0v) is 42.1. The maximum absolute atomic E-state index is 13.0. The zero-order chi connectivity index (χ0) is 48.7. The molecule has 0 aliphatic carbocycles. The molecule has 7 unspecified atom stereocenters.